The van der Waals surface area contributed by atoms with Crippen molar-refractivity contribution in [2.75, 3.05) is 25.0 Å². The summed E-state index contributed by atoms with van der Waals surface area (Å²) in [5, 5.41) is 6.70. The summed E-state index contributed by atoms with van der Waals surface area (Å²) < 4.78 is 35.2. The maximum absolute atomic E-state index is 12.8. The van der Waals surface area contributed by atoms with Gasteiger partial charge in [0.15, 0.2) is 0 Å². The number of aromatic nitrogens is 1. The Labute approximate surface area is 168 Å². The van der Waals surface area contributed by atoms with E-state index in [4.69, 9.17) is 4.55 Å². The fourth-order valence-corrected chi connectivity index (χ4v) is 4.57. The molecular weight excluding hydrogens is 402 g/mol. The topological polar surface area (TPSA) is 141 Å². The highest BCUT2D eigenvalue weighted by Crippen LogP contribution is 2.31. The van der Waals surface area contributed by atoms with Crippen LogP contribution >= 0.6 is 0 Å². The number of carbonyl (C=O) groups excluding carboxylic acids is 2. The first-order valence-electron chi connectivity index (χ1n) is 9.57. The fourth-order valence-electron chi connectivity index (χ4n) is 4.18. The molecule has 2 atom stereocenters. The number of rotatable bonds is 5. The minimum atomic E-state index is -4.82. The monoisotopic (exact) mass is 425 g/mol. The van der Waals surface area contributed by atoms with Gasteiger partial charge < -0.3 is 15.5 Å². The van der Waals surface area contributed by atoms with E-state index >= 15 is 0 Å². The van der Waals surface area contributed by atoms with Gasteiger partial charge in [-0.25, -0.2) is 9.78 Å². The van der Waals surface area contributed by atoms with Crippen LogP contribution in [-0.4, -0.2) is 71.6 Å². The van der Waals surface area contributed by atoms with Gasteiger partial charge in [0, 0.05) is 18.2 Å². The second-order valence-corrected chi connectivity index (χ2v) is 8.48. The normalized spacial score (nSPS) is 25.3. The van der Waals surface area contributed by atoms with E-state index in [2.05, 4.69) is 19.9 Å². The predicted molar refractivity (Wildman–Crippen MR) is 101 cm³/mol. The number of fused-ring (bicyclic) bond motifs is 2. The summed E-state index contributed by atoms with van der Waals surface area (Å²) in [5.41, 5.74) is 0.929. The summed E-state index contributed by atoms with van der Waals surface area (Å²) in [4.78, 5) is 31.1. The van der Waals surface area contributed by atoms with Gasteiger partial charge in [0.05, 0.1) is 6.04 Å². The smallest absolute Gasteiger partial charge is 0.317 e. The van der Waals surface area contributed by atoms with Crippen molar-refractivity contribution in [2.24, 2.45) is 0 Å². The number of piperidine rings is 2. The number of hydroxylamine groups is 2. The van der Waals surface area contributed by atoms with Crippen LogP contribution in [0.5, 0.6) is 0 Å². The lowest BCUT2D eigenvalue weighted by Crippen LogP contribution is -2.47. The van der Waals surface area contributed by atoms with Gasteiger partial charge in [0.25, 0.3) is 0 Å². The van der Waals surface area contributed by atoms with Gasteiger partial charge in [-0.2, -0.15) is 13.5 Å². The molecule has 3 aliphatic rings. The molecule has 158 valence electrons. The molecule has 11 nitrogen and oxygen atoms in total. The van der Waals surface area contributed by atoms with E-state index in [1.54, 1.807) is 6.07 Å². The van der Waals surface area contributed by atoms with Crippen molar-refractivity contribution in [3.05, 3.63) is 23.9 Å². The molecule has 29 heavy (non-hydrogen) atoms. The number of hydrogen-bond donors (Lipinski definition) is 3. The van der Waals surface area contributed by atoms with Crippen molar-refractivity contribution in [1.29, 1.82) is 0 Å². The van der Waals surface area contributed by atoms with Gasteiger partial charge in [-0.1, -0.05) is 6.07 Å². The molecular formula is C17H23N5O6S. The zero-order valence-corrected chi connectivity index (χ0v) is 16.5. The van der Waals surface area contributed by atoms with Crippen molar-refractivity contribution < 1.29 is 26.8 Å². The molecule has 2 unspecified atom stereocenters. The Morgan fingerprint density at radius 2 is 2.00 bits per heavy atom. The van der Waals surface area contributed by atoms with Crippen LogP contribution in [0.4, 0.5) is 10.6 Å². The predicted octanol–water partition coefficient (Wildman–Crippen LogP) is 0.490. The number of pyridine rings is 1. The lowest BCUT2D eigenvalue weighted by atomic mass is 9.94. The molecule has 4 rings (SSSR count). The molecule has 4 heterocycles. The third-order valence-electron chi connectivity index (χ3n) is 5.58. The molecule has 3 aliphatic heterocycles. The molecule has 2 bridgehead atoms. The molecule has 3 saturated heterocycles. The van der Waals surface area contributed by atoms with Crippen LogP contribution < -0.4 is 10.6 Å². The summed E-state index contributed by atoms with van der Waals surface area (Å²) in [6.45, 7) is 2.02. The summed E-state index contributed by atoms with van der Waals surface area (Å²) >= 11 is 0. The molecule has 0 spiro atoms. The van der Waals surface area contributed by atoms with Crippen molar-refractivity contribution in [3.8, 4) is 0 Å². The number of nitrogens with zero attached hydrogens (tertiary/aromatic N) is 3. The Balaban J connectivity index is 1.44. The summed E-state index contributed by atoms with van der Waals surface area (Å²) in [7, 11) is -4.82. The largest absolute Gasteiger partial charge is 0.418 e. The molecule has 3 N–H and O–H groups in total. The molecule has 12 heteroatoms. The zero-order chi connectivity index (χ0) is 20.6. The van der Waals surface area contributed by atoms with E-state index in [9.17, 15) is 18.0 Å². The first kappa shape index (κ1) is 20.0. The molecule has 0 radical (unpaired) electrons. The van der Waals surface area contributed by atoms with E-state index in [-0.39, 0.29) is 12.5 Å². The fraction of sp³-hybridized carbons (Fsp3) is 0.588. The Hall–Kier alpha value is -2.28. The van der Waals surface area contributed by atoms with E-state index in [1.165, 1.54) is 4.90 Å². The van der Waals surface area contributed by atoms with Gasteiger partial charge in [0.2, 0.25) is 5.91 Å². The average Bonchev–Trinajstić information content (AvgIpc) is 2.92. The highest BCUT2D eigenvalue weighted by Gasteiger charge is 2.49. The third kappa shape index (κ3) is 4.34. The molecule has 0 saturated carbocycles. The maximum atomic E-state index is 12.8. The maximum Gasteiger partial charge on any atom is 0.418 e. The van der Waals surface area contributed by atoms with Crippen LogP contribution in [0.2, 0.25) is 0 Å². The van der Waals surface area contributed by atoms with Crippen LogP contribution in [0.1, 0.15) is 37.3 Å². The quantitative estimate of drug-likeness (QED) is 0.579. The van der Waals surface area contributed by atoms with Crippen molar-refractivity contribution in [2.45, 2.75) is 43.7 Å². The number of carbonyl (C=O) groups is 2. The minimum Gasteiger partial charge on any atom is -0.317 e. The molecule has 0 aromatic carbocycles. The van der Waals surface area contributed by atoms with Crippen LogP contribution in [0.15, 0.2) is 18.2 Å². The van der Waals surface area contributed by atoms with Gasteiger partial charge in [-0.15, -0.1) is 4.28 Å². The van der Waals surface area contributed by atoms with Crippen molar-refractivity contribution >= 4 is 28.2 Å². The standard InChI is InChI=1S/C17H23N5O6S/c23-16(20-15-3-1-2-13(19-15)11-6-8-18-9-7-11)14-5-4-12-10-21(14)17(24)22(12)28-29(25,26)27/h1-3,11-12,14,18H,4-10H2,(H,19,20,23)(H,25,26,27). The highest BCUT2D eigenvalue weighted by atomic mass is 32.3. The van der Waals surface area contributed by atoms with E-state index < -0.39 is 28.5 Å². The molecule has 1 aromatic rings. The van der Waals surface area contributed by atoms with Crippen LogP contribution in [-0.2, 0) is 19.5 Å². The molecule has 1 aromatic heterocycles. The van der Waals surface area contributed by atoms with Crippen molar-refractivity contribution in [3.63, 3.8) is 0 Å². The molecule has 3 amide bonds. The van der Waals surface area contributed by atoms with Crippen LogP contribution in [0.25, 0.3) is 0 Å². The lowest BCUT2D eigenvalue weighted by molar-refractivity contribution is -0.120. The van der Waals surface area contributed by atoms with E-state index in [0.29, 0.717) is 29.6 Å². The first-order chi connectivity index (χ1) is 13.8. The molecule has 0 aliphatic carbocycles. The van der Waals surface area contributed by atoms with Gasteiger partial charge in [-0.05, 0) is 50.9 Å². The Morgan fingerprint density at radius 3 is 2.72 bits per heavy atom. The summed E-state index contributed by atoms with van der Waals surface area (Å²) in [5.74, 6) is 0.376. The second-order valence-electron chi connectivity index (χ2n) is 7.47. The van der Waals surface area contributed by atoms with Gasteiger partial charge in [-0.3, -0.25) is 9.35 Å². The molecule has 3 fully saturated rings. The average molecular weight is 425 g/mol. The number of anilines is 1. The van der Waals surface area contributed by atoms with Crippen LogP contribution in [0, 0.1) is 0 Å². The second kappa shape index (κ2) is 7.86. The Morgan fingerprint density at radius 1 is 1.24 bits per heavy atom. The first-order valence-corrected chi connectivity index (χ1v) is 10.9. The summed E-state index contributed by atoms with van der Waals surface area (Å²) in [6, 6.07) is 3.44. The van der Waals surface area contributed by atoms with Gasteiger partial charge in [0.1, 0.15) is 11.9 Å². The van der Waals surface area contributed by atoms with E-state index in [0.717, 1.165) is 31.6 Å². The summed E-state index contributed by atoms with van der Waals surface area (Å²) in [6.07, 6.45) is 2.69. The van der Waals surface area contributed by atoms with E-state index in [1.807, 2.05) is 12.1 Å². The number of urea groups is 1. The number of amides is 3. The number of hydrogen-bond acceptors (Lipinski definition) is 7. The lowest BCUT2D eigenvalue weighted by Gasteiger charge is -2.29. The minimum absolute atomic E-state index is 0.148. The van der Waals surface area contributed by atoms with Gasteiger partial charge >= 0.3 is 16.4 Å². The highest BCUT2D eigenvalue weighted by molar-refractivity contribution is 7.80. The Kier molecular flexibility index (Phi) is 5.42. The zero-order valence-electron chi connectivity index (χ0n) is 15.7. The SMILES string of the molecule is O=C(Nc1cccc(C2CCNCC2)n1)C1CCC2CN1C(=O)N2OS(=O)(=O)O. The number of nitrogens with one attached hydrogen (secondary N) is 2. The van der Waals surface area contributed by atoms with Crippen LogP contribution in [0.3, 0.4) is 0 Å². The van der Waals surface area contributed by atoms with Crippen molar-refractivity contribution in [1.82, 2.24) is 20.3 Å². The Bertz CT molecular complexity index is 903. The third-order valence-corrected chi connectivity index (χ3v) is 5.93.